The molecule has 22 heavy (non-hydrogen) atoms. The van der Waals surface area contributed by atoms with Crippen LogP contribution in [-0.4, -0.2) is 41.3 Å². The number of rotatable bonds is 2. The highest BCUT2D eigenvalue weighted by Gasteiger charge is 2.36. The number of alkyl carbamates (subject to hydrolysis) is 2. The smallest absolute Gasteiger partial charge is 0.407 e. The van der Waals surface area contributed by atoms with E-state index in [0.29, 0.717) is 0 Å². The molecular weight excluding hydrogens is 288 g/mol. The van der Waals surface area contributed by atoms with E-state index in [1.807, 2.05) is 0 Å². The third-order valence-corrected chi connectivity index (χ3v) is 2.79. The van der Waals surface area contributed by atoms with E-state index >= 15 is 0 Å². The Hall–Kier alpha value is -1.79. The van der Waals surface area contributed by atoms with Crippen LogP contribution in [0.25, 0.3) is 0 Å². The van der Waals surface area contributed by atoms with Crippen molar-refractivity contribution in [1.29, 1.82) is 0 Å². The van der Waals surface area contributed by atoms with Crippen LogP contribution in [-0.2, 0) is 14.3 Å². The number of ether oxygens (including phenoxy) is 2. The normalized spacial score (nSPS) is 22.2. The van der Waals surface area contributed by atoms with Gasteiger partial charge in [0.25, 0.3) is 0 Å². The second kappa shape index (κ2) is 6.54. The van der Waals surface area contributed by atoms with E-state index in [0.717, 1.165) is 0 Å². The standard InChI is InChI=1S/C15H26N2O5/c1-14(2,3)21-12(19)16-10-7-9(18)8-11(10)17-13(20)22-15(4,5)6/h10-11H,7-8H2,1-6H3,(H,16,19)(H,17,20)/t10-,11+. The summed E-state index contributed by atoms with van der Waals surface area (Å²) in [7, 11) is 0. The van der Waals surface area contributed by atoms with Gasteiger partial charge in [-0.15, -0.1) is 0 Å². The fourth-order valence-corrected chi connectivity index (χ4v) is 2.08. The summed E-state index contributed by atoms with van der Waals surface area (Å²) in [5, 5.41) is 5.26. The Morgan fingerprint density at radius 3 is 1.45 bits per heavy atom. The number of Topliss-reactive ketones (excluding diaryl/α,β-unsaturated/α-hetero) is 1. The van der Waals surface area contributed by atoms with Gasteiger partial charge >= 0.3 is 12.2 Å². The first-order valence-corrected chi connectivity index (χ1v) is 7.36. The highest BCUT2D eigenvalue weighted by molar-refractivity contribution is 5.84. The predicted octanol–water partition coefficient (Wildman–Crippen LogP) is 2.14. The molecule has 2 N–H and O–H groups in total. The van der Waals surface area contributed by atoms with Crippen molar-refractivity contribution < 1.29 is 23.9 Å². The zero-order valence-electron chi connectivity index (χ0n) is 14.1. The molecule has 1 saturated carbocycles. The molecule has 0 radical (unpaired) electrons. The first-order chi connectivity index (χ1) is 9.85. The van der Waals surface area contributed by atoms with Gasteiger partial charge in [-0.2, -0.15) is 0 Å². The largest absolute Gasteiger partial charge is 0.444 e. The predicted molar refractivity (Wildman–Crippen MR) is 80.6 cm³/mol. The Morgan fingerprint density at radius 2 is 1.18 bits per heavy atom. The molecule has 0 unspecified atom stereocenters. The topological polar surface area (TPSA) is 93.7 Å². The summed E-state index contributed by atoms with van der Waals surface area (Å²) in [5.41, 5.74) is -1.25. The van der Waals surface area contributed by atoms with Crippen LogP contribution in [0.1, 0.15) is 54.4 Å². The lowest BCUT2D eigenvalue weighted by Gasteiger charge is -2.26. The summed E-state index contributed by atoms with van der Waals surface area (Å²) in [6, 6.07) is -0.982. The molecule has 0 spiro atoms. The van der Waals surface area contributed by atoms with Crippen molar-refractivity contribution in [2.45, 2.75) is 77.7 Å². The second-order valence-corrected chi connectivity index (χ2v) is 7.45. The van der Waals surface area contributed by atoms with Gasteiger partial charge in [0.15, 0.2) is 0 Å². The number of nitrogens with one attached hydrogen (secondary N) is 2. The van der Waals surface area contributed by atoms with E-state index in [1.165, 1.54) is 0 Å². The quantitative estimate of drug-likeness (QED) is 0.814. The zero-order valence-corrected chi connectivity index (χ0v) is 14.1. The zero-order chi connectivity index (χ0) is 17.1. The number of hydrogen-bond donors (Lipinski definition) is 2. The van der Waals surface area contributed by atoms with E-state index < -0.39 is 35.5 Å². The minimum absolute atomic E-state index is 0.0258. The lowest BCUT2D eigenvalue weighted by atomic mass is 10.1. The van der Waals surface area contributed by atoms with Crippen molar-refractivity contribution in [2.75, 3.05) is 0 Å². The van der Waals surface area contributed by atoms with Gasteiger partial charge in [-0.3, -0.25) is 4.79 Å². The molecule has 0 bridgehead atoms. The molecule has 1 aliphatic rings. The minimum atomic E-state index is -0.624. The Kier molecular flexibility index (Phi) is 5.43. The van der Waals surface area contributed by atoms with Gasteiger partial charge in [0.05, 0.1) is 12.1 Å². The SMILES string of the molecule is CC(C)(C)OC(=O)N[C@H]1CC(=O)C[C@H]1NC(=O)OC(C)(C)C. The third kappa shape index (κ3) is 6.78. The van der Waals surface area contributed by atoms with Crippen molar-refractivity contribution >= 4 is 18.0 Å². The molecule has 2 atom stereocenters. The van der Waals surface area contributed by atoms with Gasteiger partial charge in [-0.1, -0.05) is 0 Å². The molecule has 1 rings (SSSR count). The Bertz CT molecular complexity index is 408. The van der Waals surface area contributed by atoms with Crippen molar-refractivity contribution in [3.8, 4) is 0 Å². The van der Waals surface area contributed by atoms with Gasteiger partial charge in [-0.25, -0.2) is 9.59 Å². The maximum absolute atomic E-state index is 11.8. The first-order valence-electron chi connectivity index (χ1n) is 7.36. The van der Waals surface area contributed by atoms with Crippen LogP contribution < -0.4 is 10.6 Å². The summed E-state index contributed by atoms with van der Waals surface area (Å²) >= 11 is 0. The molecule has 0 aromatic carbocycles. The lowest BCUT2D eigenvalue weighted by molar-refractivity contribution is -0.117. The van der Waals surface area contributed by atoms with E-state index in [-0.39, 0.29) is 18.6 Å². The molecule has 0 saturated heterocycles. The van der Waals surface area contributed by atoms with Crippen molar-refractivity contribution in [3.63, 3.8) is 0 Å². The number of hydrogen-bond acceptors (Lipinski definition) is 5. The lowest BCUT2D eigenvalue weighted by Crippen LogP contribution is -2.50. The summed E-state index contributed by atoms with van der Waals surface area (Å²) in [6.07, 6.45) is -0.884. The van der Waals surface area contributed by atoms with Crippen LogP contribution in [0.2, 0.25) is 0 Å². The molecule has 7 nitrogen and oxygen atoms in total. The molecule has 126 valence electrons. The number of amides is 2. The summed E-state index contributed by atoms with van der Waals surface area (Å²) in [6.45, 7) is 10.5. The summed E-state index contributed by atoms with van der Waals surface area (Å²) in [5.74, 6) is -0.0258. The number of carbonyl (C=O) groups excluding carboxylic acids is 3. The van der Waals surface area contributed by atoms with E-state index in [4.69, 9.17) is 9.47 Å². The van der Waals surface area contributed by atoms with Gasteiger partial charge in [-0.05, 0) is 41.5 Å². The minimum Gasteiger partial charge on any atom is -0.444 e. The average Bonchev–Trinajstić information content (AvgIpc) is 2.52. The average molecular weight is 314 g/mol. The van der Waals surface area contributed by atoms with Crippen molar-refractivity contribution in [2.24, 2.45) is 0 Å². The number of carbonyl (C=O) groups is 3. The third-order valence-electron chi connectivity index (χ3n) is 2.79. The highest BCUT2D eigenvalue weighted by Crippen LogP contribution is 2.18. The van der Waals surface area contributed by atoms with E-state index in [1.54, 1.807) is 41.5 Å². The molecule has 2 amide bonds. The van der Waals surface area contributed by atoms with Gasteiger partial charge in [0.2, 0.25) is 0 Å². The fourth-order valence-electron chi connectivity index (χ4n) is 2.08. The molecule has 1 fully saturated rings. The monoisotopic (exact) mass is 314 g/mol. The maximum Gasteiger partial charge on any atom is 0.407 e. The molecule has 0 heterocycles. The van der Waals surface area contributed by atoms with Gasteiger partial charge in [0, 0.05) is 12.8 Å². The van der Waals surface area contributed by atoms with E-state index in [9.17, 15) is 14.4 Å². The highest BCUT2D eigenvalue weighted by atomic mass is 16.6. The Labute approximate surface area is 131 Å². The van der Waals surface area contributed by atoms with Crippen LogP contribution in [0.15, 0.2) is 0 Å². The summed E-state index contributed by atoms with van der Waals surface area (Å²) in [4.78, 5) is 35.2. The molecule has 7 heteroatoms. The van der Waals surface area contributed by atoms with Gasteiger partial charge < -0.3 is 20.1 Å². The van der Waals surface area contributed by atoms with Crippen molar-refractivity contribution in [1.82, 2.24) is 10.6 Å². The molecular formula is C15H26N2O5. The second-order valence-electron chi connectivity index (χ2n) is 7.45. The van der Waals surface area contributed by atoms with E-state index in [2.05, 4.69) is 10.6 Å². The van der Waals surface area contributed by atoms with Crippen LogP contribution in [0.5, 0.6) is 0 Å². The maximum atomic E-state index is 11.8. The van der Waals surface area contributed by atoms with Crippen LogP contribution in [0.3, 0.4) is 0 Å². The fraction of sp³-hybridized carbons (Fsp3) is 0.800. The van der Waals surface area contributed by atoms with Crippen LogP contribution in [0.4, 0.5) is 9.59 Å². The van der Waals surface area contributed by atoms with Gasteiger partial charge in [0.1, 0.15) is 17.0 Å². The summed E-state index contributed by atoms with van der Waals surface area (Å²) < 4.78 is 10.3. The molecule has 1 aliphatic carbocycles. The number of ketones is 1. The molecule has 0 aromatic rings. The molecule has 0 aromatic heterocycles. The van der Waals surface area contributed by atoms with Crippen molar-refractivity contribution in [3.05, 3.63) is 0 Å². The van der Waals surface area contributed by atoms with Crippen LogP contribution in [0, 0.1) is 0 Å². The molecule has 0 aliphatic heterocycles. The van der Waals surface area contributed by atoms with Crippen LogP contribution >= 0.6 is 0 Å². The Morgan fingerprint density at radius 1 is 0.864 bits per heavy atom. The first kappa shape index (κ1) is 18.3. The Balaban J connectivity index is 2.60.